The summed E-state index contributed by atoms with van der Waals surface area (Å²) in [6.07, 6.45) is -0.0538. The third-order valence-electron chi connectivity index (χ3n) is 3.32. The van der Waals surface area contributed by atoms with Crippen LogP contribution in [0.15, 0.2) is 12.1 Å². The molecule has 19 heavy (non-hydrogen) atoms. The first-order valence-electron chi connectivity index (χ1n) is 5.91. The van der Waals surface area contributed by atoms with E-state index in [0.717, 1.165) is 0 Å². The SMILES string of the molecule is CC1Oc2cc(C(=O)C3CC3C(=O)O)cc(Cl)c2O1. The summed E-state index contributed by atoms with van der Waals surface area (Å²) in [4.78, 5) is 22.9. The zero-order chi connectivity index (χ0) is 13.7. The van der Waals surface area contributed by atoms with Gasteiger partial charge in [-0.15, -0.1) is 0 Å². The number of carbonyl (C=O) groups excluding carboxylic acids is 1. The second kappa shape index (κ2) is 4.13. The van der Waals surface area contributed by atoms with Gasteiger partial charge in [-0.05, 0) is 18.6 Å². The van der Waals surface area contributed by atoms with Gasteiger partial charge < -0.3 is 14.6 Å². The molecule has 1 aliphatic carbocycles. The van der Waals surface area contributed by atoms with Crippen LogP contribution >= 0.6 is 11.6 Å². The smallest absolute Gasteiger partial charge is 0.307 e. The number of halogens is 1. The third-order valence-corrected chi connectivity index (χ3v) is 3.60. The number of ether oxygens (including phenoxy) is 2. The fourth-order valence-electron chi connectivity index (χ4n) is 2.25. The molecule has 5 nitrogen and oxygen atoms in total. The topological polar surface area (TPSA) is 72.8 Å². The van der Waals surface area contributed by atoms with E-state index in [2.05, 4.69) is 0 Å². The maximum Gasteiger partial charge on any atom is 0.307 e. The molecule has 1 heterocycles. The number of fused-ring (bicyclic) bond motifs is 1. The van der Waals surface area contributed by atoms with Crippen LogP contribution < -0.4 is 9.47 Å². The molecule has 0 amide bonds. The zero-order valence-corrected chi connectivity index (χ0v) is 10.8. The fraction of sp³-hybridized carbons (Fsp3) is 0.385. The summed E-state index contributed by atoms with van der Waals surface area (Å²) in [5.74, 6) is -1.31. The molecule has 1 aromatic carbocycles. The number of carboxylic acids is 1. The highest BCUT2D eigenvalue weighted by Crippen LogP contribution is 2.45. The van der Waals surface area contributed by atoms with Crippen LogP contribution in [-0.4, -0.2) is 23.1 Å². The molecule has 3 rings (SSSR count). The lowest BCUT2D eigenvalue weighted by atomic mass is 10.1. The first-order valence-corrected chi connectivity index (χ1v) is 6.29. The number of benzene rings is 1. The predicted octanol–water partition coefficient (Wildman–Crippen LogP) is 2.36. The number of carbonyl (C=O) groups is 2. The van der Waals surface area contributed by atoms with Crippen LogP contribution in [0.1, 0.15) is 23.7 Å². The Labute approximate surface area is 114 Å². The van der Waals surface area contributed by atoms with E-state index in [1.807, 2.05) is 0 Å². The van der Waals surface area contributed by atoms with Gasteiger partial charge in [0.1, 0.15) is 0 Å². The van der Waals surface area contributed by atoms with E-state index in [-0.39, 0.29) is 5.78 Å². The van der Waals surface area contributed by atoms with E-state index in [9.17, 15) is 9.59 Å². The van der Waals surface area contributed by atoms with Gasteiger partial charge >= 0.3 is 5.97 Å². The maximum atomic E-state index is 12.1. The van der Waals surface area contributed by atoms with Crippen molar-refractivity contribution >= 4 is 23.4 Å². The van der Waals surface area contributed by atoms with Gasteiger partial charge in [0, 0.05) is 18.4 Å². The summed E-state index contributed by atoms with van der Waals surface area (Å²) in [7, 11) is 0. The molecule has 1 aliphatic heterocycles. The Morgan fingerprint density at radius 3 is 2.68 bits per heavy atom. The molecule has 1 N–H and O–H groups in total. The number of carboxylic acid groups (broad SMARTS) is 1. The average molecular weight is 283 g/mol. The quantitative estimate of drug-likeness (QED) is 0.862. The Hall–Kier alpha value is -1.75. The first-order chi connectivity index (χ1) is 8.97. The van der Waals surface area contributed by atoms with E-state index >= 15 is 0 Å². The number of Topliss-reactive ketones (excluding diaryl/α,β-unsaturated/α-hetero) is 1. The Balaban J connectivity index is 1.87. The van der Waals surface area contributed by atoms with E-state index in [1.54, 1.807) is 13.0 Å². The molecule has 1 aromatic rings. The number of hydrogen-bond donors (Lipinski definition) is 1. The second-order valence-electron chi connectivity index (χ2n) is 4.74. The standard InChI is InChI=1S/C13H11ClO5/c1-5-18-10-3-6(2-9(14)12(10)19-5)11(15)7-4-8(7)13(16)17/h2-3,5,7-8H,4H2,1H3,(H,16,17). The lowest BCUT2D eigenvalue weighted by Crippen LogP contribution is -2.11. The third kappa shape index (κ3) is 2.04. The van der Waals surface area contributed by atoms with Crippen molar-refractivity contribution in [3.63, 3.8) is 0 Å². The molecule has 0 radical (unpaired) electrons. The van der Waals surface area contributed by atoms with Crippen molar-refractivity contribution in [2.45, 2.75) is 19.6 Å². The minimum absolute atomic E-state index is 0.208. The lowest BCUT2D eigenvalue weighted by Gasteiger charge is -2.03. The largest absolute Gasteiger partial charge is 0.481 e. The Kier molecular flexibility index (Phi) is 2.67. The average Bonchev–Trinajstić information content (AvgIpc) is 3.05. The predicted molar refractivity (Wildman–Crippen MR) is 65.7 cm³/mol. The lowest BCUT2D eigenvalue weighted by molar-refractivity contribution is -0.138. The monoisotopic (exact) mass is 282 g/mol. The molecule has 3 unspecified atom stereocenters. The maximum absolute atomic E-state index is 12.1. The highest BCUT2D eigenvalue weighted by atomic mass is 35.5. The van der Waals surface area contributed by atoms with Gasteiger partial charge in [0.05, 0.1) is 10.9 Å². The molecule has 3 atom stereocenters. The van der Waals surface area contributed by atoms with Gasteiger partial charge in [0.2, 0.25) is 6.29 Å². The Morgan fingerprint density at radius 2 is 2.05 bits per heavy atom. The summed E-state index contributed by atoms with van der Waals surface area (Å²) in [6.45, 7) is 1.72. The fourth-order valence-corrected chi connectivity index (χ4v) is 2.51. The molecular weight excluding hydrogens is 272 g/mol. The number of hydrogen-bond acceptors (Lipinski definition) is 4. The van der Waals surface area contributed by atoms with Crippen LogP contribution in [0.5, 0.6) is 11.5 Å². The first kappa shape index (κ1) is 12.3. The highest BCUT2D eigenvalue weighted by molar-refractivity contribution is 6.32. The molecule has 100 valence electrons. The normalized spacial score (nSPS) is 27.2. The van der Waals surface area contributed by atoms with Crippen LogP contribution in [0.3, 0.4) is 0 Å². The highest BCUT2D eigenvalue weighted by Gasteiger charge is 2.48. The van der Waals surface area contributed by atoms with Crippen molar-refractivity contribution in [2.24, 2.45) is 11.8 Å². The van der Waals surface area contributed by atoms with Crippen LogP contribution in [0.2, 0.25) is 5.02 Å². The summed E-state index contributed by atoms with van der Waals surface area (Å²) in [5.41, 5.74) is 0.371. The molecule has 0 saturated heterocycles. The number of ketones is 1. The minimum Gasteiger partial charge on any atom is -0.481 e. The van der Waals surface area contributed by atoms with E-state index in [1.165, 1.54) is 6.07 Å². The van der Waals surface area contributed by atoms with Crippen LogP contribution in [-0.2, 0) is 4.79 Å². The van der Waals surface area contributed by atoms with Gasteiger partial charge in [-0.1, -0.05) is 11.6 Å². The summed E-state index contributed by atoms with van der Waals surface area (Å²) >= 11 is 6.03. The van der Waals surface area contributed by atoms with Crippen molar-refractivity contribution < 1.29 is 24.2 Å². The number of aliphatic carboxylic acids is 1. The van der Waals surface area contributed by atoms with Crippen molar-refractivity contribution in [2.75, 3.05) is 0 Å². The summed E-state index contributed by atoms with van der Waals surface area (Å²) < 4.78 is 10.7. The molecule has 0 spiro atoms. The van der Waals surface area contributed by atoms with Gasteiger partial charge in [-0.25, -0.2) is 0 Å². The van der Waals surface area contributed by atoms with Crippen molar-refractivity contribution in [1.29, 1.82) is 0 Å². The van der Waals surface area contributed by atoms with Crippen molar-refractivity contribution in [3.05, 3.63) is 22.7 Å². The van der Waals surface area contributed by atoms with E-state index < -0.39 is 24.1 Å². The van der Waals surface area contributed by atoms with Gasteiger partial charge in [-0.3, -0.25) is 9.59 Å². The Morgan fingerprint density at radius 1 is 1.32 bits per heavy atom. The van der Waals surface area contributed by atoms with Crippen molar-refractivity contribution in [1.82, 2.24) is 0 Å². The minimum atomic E-state index is -0.932. The molecular formula is C13H11ClO5. The number of rotatable bonds is 3. The van der Waals surface area contributed by atoms with Gasteiger partial charge in [0.15, 0.2) is 17.3 Å². The molecule has 0 bridgehead atoms. The Bertz CT molecular complexity index is 583. The molecule has 0 aromatic heterocycles. The molecule has 1 fully saturated rings. The van der Waals surface area contributed by atoms with Crippen molar-refractivity contribution in [3.8, 4) is 11.5 Å². The van der Waals surface area contributed by atoms with Crippen LogP contribution in [0, 0.1) is 11.8 Å². The van der Waals surface area contributed by atoms with Crippen LogP contribution in [0.4, 0.5) is 0 Å². The van der Waals surface area contributed by atoms with Gasteiger partial charge in [-0.2, -0.15) is 0 Å². The molecule has 2 aliphatic rings. The van der Waals surface area contributed by atoms with Crippen LogP contribution in [0.25, 0.3) is 0 Å². The van der Waals surface area contributed by atoms with E-state index in [4.69, 9.17) is 26.2 Å². The molecule has 6 heteroatoms. The van der Waals surface area contributed by atoms with E-state index in [0.29, 0.717) is 28.5 Å². The molecule has 1 saturated carbocycles. The zero-order valence-electron chi connectivity index (χ0n) is 10.1. The summed E-state index contributed by atoms with van der Waals surface area (Å²) in [5, 5.41) is 9.14. The second-order valence-corrected chi connectivity index (χ2v) is 5.15. The summed E-state index contributed by atoms with van der Waals surface area (Å²) in [6, 6.07) is 3.06. The van der Waals surface area contributed by atoms with Gasteiger partial charge in [0.25, 0.3) is 0 Å².